The molecule has 0 aromatic heterocycles. The van der Waals surface area contributed by atoms with Crippen LogP contribution in [0.2, 0.25) is 0 Å². The molecule has 3 heteroatoms. The van der Waals surface area contributed by atoms with Gasteiger partial charge in [-0.25, -0.2) is 0 Å². The van der Waals surface area contributed by atoms with Crippen molar-refractivity contribution >= 4 is 0 Å². The van der Waals surface area contributed by atoms with Crippen LogP contribution in [0.1, 0.15) is 39.5 Å². The Hall–Kier alpha value is -0.120. The van der Waals surface area contributed by atoms with Crippen molar-refractivity contribution in [3.8, 4) is 0 Å². The molecule has 1 fully saturated rings. The molecule has 1 rings (SSSR count). The van der Waals surface area contributed by atoms with Crippen LogP contribution in [-0.2, 0) is 4.74 Å². The van der Waals surface area contributed by atoms with Crippen LogP contribution in [-0.4, -0.2) is 19.8 Å². The van der Waals surface area contributed by atoms with Gasteiger partial charge in [0.1, 0.15) is 0 Å². The molecule has 1 atom stereocenters. The van der Waals surface area contributed by atoms with Gasteiger partial charge in [-0.05, 0) is 43.4 Å². The van der Waals surface area contributed by atoms with Gasteiger partial charge in [-0.3, -0.25) is 11.3 Å². The number of nitrogens with one attached hydrogen (secondary N) is 1. The minimum absolute atomic E-state index is 0.336. The molecule has 0 radical (unpaired) electrons. The van der Waals surface area contributed by atoms with E-state index in [1.807, 2.05) is 0 Å². The first-order valence-electron chi connectivity index (χ1n) is 6.14. The van der Waals surface area contributed by atoms with Gasteiger partial charge in [0.15, 0.2) is 0 Å². The molecule has 0 aliphatic heterocycles. The van der Waals surface area contributed by atoms with E-state index in [2.05, 4.69) is 19.3 Å². The summed E-state index contributed by atoms with van der Waals surface area (Å²) in [5, 5.41) is 0. The summed E-state index contributed by atoms with van der Waals surface area (Å²) < 4.78 is 5.18. The minimum atomic E-state index is 0.336. The van der Waals surface area contributed by atoms with Crippen LogP contribution in [0.15, 0.2) is 0 Å². The van der Waals surface area contributed by atoms with Crippen molar-refractivity contribution in [2.45, 2.75) is 45.6 Å². The van der Waals surface area contributed by atoms with Gasteiger partial charge >= 0.3 is 0 Å². The molecule has 0 amide bonds. The summed E-state index contributed by atoms with van der Waals surface area (Å²) in [5.74, 6) is 8.00. The second-order valence-electron chi connectivity index (χ2n) is 5.15. The van der Waals surface area contributed by atoms with Crippen molar-refractivity contribution in [3.63, 3.8) is 0 Å². The van der Waals surface area contributed by atoms with Crippen LogP contribution in [0.25, 0.3) is 0 Å². The monoisotopic (exact) mass is 214 g/mol. The topological polar surface area (TPSA) is 47.3 Å². The number of hydrazine groups is 1. The summed E-state index contributed by atoms with van der Waals surface area (Å²) in [5.41, 5.74) is 2.89. The standard InChI is InChI=1S/C12H26N2O/c1-9(2)10-4-6-11(7-5-10)12(14-13)8-15-3/h9-12,14H,4-8,13H2,1-3H3. The molecular formula is C12H26N2O. The van der Waals surface area contributed by atoms with Crippen molar-refractivity contribution in [2.75, 3.05) is 13.7 Å². The Labute approximate surface area is 93.7 Å². The summed E-state index contributed by atoms with van der Waals surface area (Å²) in [7, 11) is 1.74. The highest BCUT2D eigenvalue weighted by atomic mass is 16.5. The molecule has 0 heterocycles. The van der Waals surface area contributed by atoms with Crippen LogP contribution in [0.5, 0.6) is 0 Å². The van der Waals surface area contributed by atoms with Crippen LogP contribution in [0.4, 0.5) is 0 Å². The molecule has 3 N–H and O–H groups in total. The first-order chi connectivity index (χ1) is 7.19. The van der Waals surface area contributed by atoms with Crippen LogP contribution in [0.3, 0.4) is 0 Å². The summed E-state index contributed by atoms with van der Waals surface area (Å²) in [6.45, 7) is 5.39. The Bertz CT molecular complexity index is 165. The van der Waals surface area contributed by atoms with Gasteiger partial charge in [-0.15, -0.1) is 0 Å². The molecule has 0 aromatic rings. The summed E-state index contributed by atoms with van der Waals surface area (Å²) >= 11 is 0. The normalized spacial score (nSPS) is 29.4. The number of rotatable bonds is 5. The molecule has 15 heavy (non-hydrogen) atoms. The molecule has 1 aliphatic rings. The molecule has 0 saturated heterocycles. The zero-order chi connectivity index (χ0) is 11.3. The lowest BCUT2D eigenvalue weighted by Crippen LogP contribution is -2.45. The van der Waals surface area contributed by atoms with E-state index in [1.54, 1.807) is 7.11 Å². The van der Waals surface area contributed by atoms with Gasteiger partial charge in [-0.2, -0.15) is 0 Å². The number of methoxy groups -OCH3 is 1. The Morgan fingerprint density at radius 1 is 1.20 bits per heavy atom. The maximum atomic E-state index is 5.55. The average Bonchev–Trinajstić information content (AvgIpc) is 2.26. The summed E-state index contributed by atoms with van der Waals surface area (Å²) in [6.07, 6.45) is 5.29. The maximum Gasteiger partial charge on any atom is 0.0632 e. The highest BCUT2D eigenvalue weighted by Crippen LogP contribution is 2.34. The van der Waals surface area contributed by atoms with E-state index in [4.69, 9.17) is 10.6 Å². The van der Waals surface area contributed by atoms with Gasteiger partial charge in [0.25, 0.3) is 0 Å². The number of nitrogens with two attached hydrogens (primary N) is 1. The van der Waals surface area contributed by atoms with Gasteiger partial charge < -0.3 is 4.74 Å². The van der Waals surface area contributed by atoms with Crippen molar-refractivity contribution in [1.29, 1.82) is 0 Å². The first-order valence-corrected chi connectivity index (χ1v) is 6.14. The van der Waals surface area contributed by atoms with Gasteiger partial charge in [0.05, 0.1) is 6.61 Å². The first kappa shape index (κ1) is 12.9. The van der Waals surface area contributed by atoms with E-state index in [0.717, 1.165) is 18.4 Å². The third kappa shape index (κ3) is 3.74. The van der Waals surface area contributed by atoms with Gasteiger partial charge in [0, 0.05) is 13.2 Å². The highest BCUT2D eigenvalue weighted by molar-refractivity contribution is 4.81. The number of ether oxygens (including phenoxy) is 1. The van der Waals surface area contributed by atoms with Gasteiger partial charge in [0.2, 0.25) is 0 Å². The zero-order valence-electron chi connectivity index (χ0n) is 10.3. The molecule has 3 nitrogen and oxygen atoms in total. The molecule has 1 saturated carbocycles. The van der Waals surface area contributed by atoms with Crippen LogP contribution in [0, 0.1) is 17.8 Å². The smallest absolute Gasteiger partial charge is 0.0632 e. The van der Waals surface area contributed by atoms with E-state index >= 15 is 0 Å². The Kier molecular flexibility index (Phi) is 5.58. The highest BCUT2D eigenvalue weighted by Gasteiger charge is 2.28. The minimum Gasteiger partial charge on any atom is -0.383 e. The fourth-order valence-corrected chi connectivity index (χ4v) is 2.71. The van der Waals surface area contributed by atoms with Crippen LogP contribution < -0.4 is 11.3 Å². The van der Waals surface area contributed by atoms with E-state index in [1.165, 1.54) is 25.7 Å². The van der Waals surface area contributed by atoms with Crippen molar-refractivity contribution < 1.29 is 4.74 Å². The lowest BCUT2D eigenvalue weighted by atomic mass is 9.75. The van der Waals surface area contributed by atoms with Crippen LogP contribution >= 0.6 is 0 Å². The second-order valence-corrected chi connectivity index (χ2v) is 5.15. The zero-order valence-corrected chi connectivity index (χ0v) is 10.3. The predicted molar refractivity (Wildman–Crippen MR) is 63.3 cm³/mol. The molecule has 1 unspecified atom stereocenters. The predicted octanol–water partition coefficient (Wildman–Crippen LogP) is 1.93. The van der Waals surface area contributed by atoms with Gasteiger partial charge in [-0.1, -0.05) is 13.8 Å². The van der Waals surface area contributed by atoms with E-state index in [-0.39, 0.29) is 0 Å². The van der Waals surface area contributed by atoms with Crippen molar-refractivity contribution in [1.82, 2.24) is 5.43 Å². The van der Waals surface area contributed by atoms with Crippen molar-refractivity contribution in [3.05, 3.63) is 0 Å². The van der Waals surface area contributed by atoms with E-state index in [9.17, 15) is 0 Å². The molecule has 0 bridgehead atoms. The summed E-state index contributed by atoms with van der Waals surface area (Å²) in [4.78, 5) is 0. The Morgan fingerprint density at radius 3 is 2.13 bits per heavy atom. The molecular weight excluding hydrogens is 188 g/mol. The van der Waals surface area contributed by atoms with E-state index in [0.29, 0.717) is 12.0 Å². The second kappa shape index (κ2) is 6.46. The summed E-state index contributed by atoms with van der Waals surface area (Å²) in [6, 6.07) is 0.336. The lowest BCUT2D eigenvalue weighted by Gasteiger charge is -2.34. The Morgan fingerprint density at radius 2 is 1.73 bits per heavy atom. The number of hydrogen-bond acceptors (Lipinski definition) is 3. The molecule has 0 aromatic carbocycles. The van der Waals surface area contributed by atoms with E-state index < -0.39 is 0 Å². The average molecular weight is 214 g/mol. The van der Waals surface area contributed by atoms with Crippen molar-refractivity contribution in [2.24, 2.45) is 23.6 Å². The maximum absolute atomic E-state index is 5.55. The third-order valence-electron chi connectivity index (χ3n) is 3.89. The molecule has 1 aliphatic carbocycles. The fraction of sp³-hybridized carbons (Fsp3) is 1.00. The fourth-order valence-electron chi connectivity index (χ4n) is 2.71. The number of hydrogen-bond donors (Lipinski definition) is 2. The largest absolute Gasteiger partial charge is 0.383 e. The SMILES string of the molecule is COCC(NN)C1CCC(C(C)C)CC1. The Balaban J connectivity index is 2.35. The quantitative estimate of drug-likeness (QED) is 0.543. The third-order valence-corrected chi connectivity index (χ3v) is 3.89. The molecule has 90 valence electrons. The molecule has 0 spiro atoms. The lowest BCUT2D eigenvalue weighted by molar-refractivity contribution is 0.110.